The van der Waals surface area contributed by atoms with E-state index in [2.05, 4.69) is 93.7 Å². The molecule has 1 fully saturated rings. The Kier molecular flexibility index (Phi) is 48.8. The molecule has 0 saturated carbocycles. The van der Waals surface area contributed by atoms with Gasteiger partial charge >= 0.3 is 69.8 Å². The number of thiol groups is 2. The largest absolute Gasteiger partial charge is 3.00 e. The number of imidazole rings is 1. The van der Waals surface area contributed by atoms with Crippen molar-refractivity contribution in [3.63, 3.8) is 0 Å². The van der Waals surface area contributed by atoms with Gasteiger partial charge in [-0.3, -0.25) is 101 Å². The van der Waals surface area contributed by atoms with E-state index in [9.17, 15) is 127 Å². The maximum Gasteiger partial charge on any atom is 3.00 e. The fraction of sp³-hybridized carbons (Fsp3) is 0.646. The van der Waals surface area contributed by atoms with E-state index in [0.717, 1.165) is 6.92 Å². The van der Waals surface area contributed by atoms with Crippen LogP contribution in [0.3, 0.4) is 0 Å². The molecule has 1 aliphatic heterocycles. The van der Waals surface area contributed by atoms with Gasteiger partial charge in [0.1, 0.15) is 78.4 Å². The smallest absolute Gasteiger partial charge is 0.480 e. The third kappa shape index (κ3) is 38.0. The summed E-state index contributed by atoms with van der Waals surface area (Å²) in [4.78, 5) is 244. The zero-order valence-electron chi connectivity index (χ0n) is 63.2. The first kappa shape index (κ1) is 103. The number of aliphatic hydroxyl groups excluding tert-OH is 3. The molecule has 1 radical (unpaired) electrons. The van der Waals surface area contributed by atoms with Gasteiger partial charge in [0.15, 0.2) is 0 Å². The fourth-order valence-corrected chi connectivity index (χ4v) is 11.7. The van der Waals surface area contributed by atoms with Crippen molar-refractivity contribution >= 4 is 131 Å². The summed E-state index contributed by atoms with van der Waals surface area (Å²) in [6.07, 6.45) is -1.25. The number of hydrogen-bond acceptors (Lipinski definition) is 33. The average Bonchev–Trinajstić information content (AvgIpc) is 0.805. The van der Waals surface area contributed by atoms with E-state index in [1.165, 1.54) is 12.5 Å². The molecule has 1 aliphatic rings. The average molecular weight is 1840 g/mol. The van der Waals surface area contributed by atoms with Gasteiger partial charge in [0.05, 0.1) is 77.9 Å². The first-order valence-corrected chi connectivity index (χ1v) is 37.3. The van der Waals surface area contributed by atoms with Crippen LogP contribution in [-0.2, 0) is 92.6 Å². The van der Waals surface area contributed by atoms with Gasteiger partial charge in [-0.05, 0) is 45.6 Å². The second kappa shape index (κ2) is 54.9. The van der Waals surface area contributed by atoms with E-state index < -0.39 is 224 Å². The number of aliphatic carboxylic acids is 5. The number of H-pyrrole nitrogens is 1. The summed E-state index contributed by atoms with van der Waals surface area (Å²) < 4.78 is 10.8. The van der Waals surface area contributed by atoms with Crippen LogP contribution in [0, 0.1) is 39.9 Å². The first-order valence-electron chi connectivity index (χ1n) is 36.0. The Morgan fingerprint density at radius 1 is 0.509 bits per heavy atom. The van der Waals surface area contributed by atoms with Gasteiger partial charge in [-0.2, -0.15) is 25.3 Å². The quantitative estimate of drug-likeness (QED) is 0.0166. The number of amides is 11. The maximum atomic E-state index is 13.9. The number of carboxylic acids is 5. The number of ether oxygens (including phenoxy) is 2. The summed E-state index contributed by atoms with van der Waals surface area (Å²) in [5.41, 5.74) is 14.8. The molecule has 3 rings (SSSR count). The minimum Gasteiger partial charge on any atom is -0.480 e. The second-order valence-electron chi connectivity index (χ2n) is 26.2. The Labute approximate surface area is 705 Å². The molecule has 1 saturated heterocycles. The predicted molar refractivity (Wildman–Crippen MR) is 406 cm³/mol. The Morgan fingerprint density at radius 3 is 1.36 bits per heavy atom. The molecule has 1 aromatic carbocycles. The fourth-order valence-electron chi connectivity index (χ4n) is 11.2. The van der Waals surface area contributed by atoms with Crippen LogP contribution in [0.25, 0.3) is 0 Å². The van der Waals surface area contributed by atoms with Crippen LogP contribution in [0.2, 0.25) is 0 Å². The standard InChI is InChI=1S/C65H104N20O28S2.Gd/c1-34(88)51(63(107)80-43(32-115)64(108)109)81-59(103)37(21-35-24-69-33-72-35)75-61(105)41(29-87)78-56(100)36(5-2-3-7-66)74-60(104)40(28-86)79-58(102)39(23-46(68)90)76-57(101)38(22-45(67)89)77-62(106)42(31-114)73-47(91)30-113-20-19-112-18-9-71-53-52(54(98)55(53)99)70-8-4-6-44(65(110)111)85-16-14-83(26-49(94)95)12-10-82(25-48(92)93)11-13-84(15-17-85)27-50(96)97;/h24,33-34,36-44,51,70-71,86-88,114-115H,2-23,25-32,66H2,1H3,(H2,67,89)(H2,68,90)(H,69,72)(H,73,91)(H,74,104)(H,75,105)(H,76,101)(H,77,106)(H,78,100)(H,79,102)(H,80,107)(H,81,103)(H,92,93)(H,94,95)(H,96,97)(H,108,109)(H,110,111);/q;+3/t34-,36+,37+,38+,39+,40+,41+,42+,43+,44?,51+;/m1./s1. The molecule has 11 atom stereocenters. The number of nitrogens with zero attached hydrogens (tertiary/aromatic N) is 5. The normalized spacial score (nSPS) is 16.0. The number of rotatable bonds is 55. The van der Waals surface area contributed by atoms with E-state index in [4.69, 9.17) is 26.7 Å². The third-order valence-electron chi connectivity index (χ3n) is 17.3. The van der Waals surface area contributed by atoms with Crippen LogP contribution in [-0.4, -0.2) is 375 Å². The molecule has 1 aromatic heterocycles. The van der Waals surface area contributed by atoms with Crippen molar-refractivity contribution in [2.45, 2.75) is 125 Å². The number of aliphatic hydroxyl groups is 3. The monoisotopic (exact) mass is 1830 g/mol. The van der Waals surface area contributed by atoms with Crippen LogP contribution in [0.15, 0.2) is 22.1 Å². The van der Waals surface area contributed by atoms with Gasteiger partial charge in [-0.15, -0.1) is 0 Å². The van der Waals surface area contributed by atoms with Gasteiger partial charge < -0.3 is 131 Å². The summed E-state index contributed by atoms with van der Waals surface area (Å²) in [5.74, 6) is -20.2. The van der Waals surface area contributed by atoms with Crippen molar-refractivity contribution < 1.29 is 167 Å². The van der Waals surface area contributed by atoms with Crippen LogP contribution >= 0.6 is 25.3 Å². The molecule has 0 aliphatic carbocycles. The van der Waals surface area contributed by atoms with E-state index in [-0.39, 0.29) is 200 Å². The molecule has 26 N–H and O–H groups in total. The molecule has 2 heterocycles. The van der Waals surface area contributed by atoms with E-state index in [1.54, 1.807) is 19.6 Å². The van der Waals surface area contributed by atoms with Crippen molar-refractivity contribution in [1.29, 1.82) is 0 Å². The van der Waals surface area contributed by atoms with Gasteiger partial charge in [-0.1, -0.05) is 0 Å². The number of carbonyl (C=O) groups is 16. The minimum absolute atomic E-state index is 0. The van der Waals surface area contributed by atoms with Crippen LogP contribution in [0.4, 0.5) is 11.4 Å². The Balaban J connectivity index is 0.0000456. The van der Waals surface area contributed by atoms with Gasteiger partial charge in [0, 0.05) is 95.3 Å². The van der Waals surface area contributed by atoms with Crippen LogP contribution in [0.5, 0.6) is 0 Å². The molecule has 51 heteroatoms. The summed E-state index contributed by atoms with van der Waals surface area (Å²) in [7, 11) is 0. The first-order chi connectivity index (χ1) is 54.5. The number of carbonyl (C=O) groups excluding carboxylic acids is 11. The SMILES string of the molecule is C[C@@H](O)[C@H](NC(=O)[C@H](Cc1cnc[nH]1)NC(=O)[C@H](CO)NC(=O)[C@H](CCCCN)NC(=O)[C@H](CO)NC(=O)[C@H](CC(N)=O)NC(=O)[C@H](CC(N)=O)NC(=O)[C@H](CS)NC(=O)COCCOCCNc1c(NCCCC(C(=O)O)N2CCN(CC(=O)O)CCN(CC(=O)O)CCN(CC(=O)O)CC2)c(=O)c1=O)C(=O)N[C@@H](CS)C(=O)O.[Gd+3]. The van der Waals surface area contributed by atoms with Crippen molar-refractivity contribution in [2.24, 2.45) is 17.2 Å². The Morgan fingerprint density at radius 2 is 0.931 bits per heavy atom. The van der Waals surface area contributed by atoms with Crippen LogP contribution in [0.1, 0.15) is 57.6 Å². The summed E-state index contributed by atoms with van der Waals surface area (Å²) >= 11 is 7.97. The summed E-state index contributed by atoms with van der Waals surface area (Å²) in [6.45, 7) is -2.76. The van der Waals surface area contributed by atoms with Crippen molar-refractivity contribution in [1.82, 2.24) is 77.4 Å². The number of nitrogens with two attached hydrogens (primary N) is 3. The molecule has 11 amide bonds. The number of carboxylic acid groups (broad SMARTS) is 5. The van der Waals surface area contributed by atoms with Crippen molar-refractivity contribution in [3.8, 4) is 0 Å². The zero-order chi connectivity index (χ0) is 86.0. The number of hydrogen-bond donors (Lipinski definition) is 25. The number of unbranched alkanes of at least 4 members (excludes halogenated alkanes) is 1. The molecular formula is C65H104GdN20O28S2+3. The topological polar surface area (TPSA) is 740 Å². The van der Waals surface area contributed by atoms with Gasteiger partial charge in [-0.25, -0.2) is 9.78 Å². The molecule has 649 valence electrons. The number of aromatic nitrogens is 2. The number of nitrogens with one attached hydrogen (secondary N) is 12. The molecule has 0 bridgehead atoms. The molecule has 0 spiro atoms. The maximum absolute atomic E-state index is 13.9. The van der Waals surface area contributed by atoms with Gasteiger partial charge in [0.25, 0.3) is 10.9 Å². The summed E-state index contributed by atoms with van der Waals surface area (Å²) in [5, 5.41) is 105. The molecule has 48 nitrogen and oxygen atoms in total. The molecular weight excluding hydrogens is 1730 g/mol. The van der Waals surface area contributed by atoms with E-state index >= 15 is 0 Å². The predicted octanol–water partition coefficient (Wildman–Crippen LogP) is -12.6. The summed E-state index contributed by atoms with van der Waals surface area (Å²) in [6, 6.07) is -17.2. The second-order valence-corrected chi connectivity index (χ2v) is 26.9. The number of anilines is 2. The Bertz CT molecular complexity index is 3650. The zero-order valence-corrected chi connectivity index (χ0v) is 67.2. The van der Waals surface area contributed by atoms with Crippen LogP contribution < -0.4 is 86.5 Å². The third-order valence-corrected chi connectivity index (χ3v) is 18.0. The van der Waals surface area contributed by atoms with Crippen molar-refractivity contribution in [2.75, 3.05) is 153 Å². The van der Waals surface area contributed by atoms with E-state index in [0.29, 0.717) is 0 Å². The molecule has 2 aromatic rings. The molecule has 116 heavy (non-hydrogen) atoms. The number of primary amides is 2. The van der Waals surface area contributed by atoms with Crippen molar-refractivity contribution in [3.05, 3.63) is 38.7 Å². The Hall–Kier alpha value is -8.97. The van der Waals surface area contributed by atoms with Gasteiger partial charge in [0.2, 0.25) is 65.0 Å². The molecule has 1 unspecified atom stereocenters. The van der Waals surface area contributed by atoms with E-state index in [1.807, 2.05) is 0 Å². The number of aromatic amines is 1. The minimum atomic E-state index is -2.04.